The Balaban J connectivity index is 2.01. The molecule has 0 radical (unpaired) electrons. The maximum absolute atomic E-state index is 13.1. The Morgan fingerprint density at radius 3 is 2.73 bits per heavy atom. The summed E-state index contributed by atoms with van der Waals surface area (Å²) in [6, 6.07) is 7.01. The van der Waals surface area contributed by atoms with Crippen molar-refractivity contribution in [2.24, 2.45) is 0 Å². The van der Waals surface area contributed by atoms with Crippen LogP contribution in [-0.4, -0.2) is 30.9 Å². The second-order valence-corrected chi connectivity index (χ2v) is 8.23. The minimum absolute atomic E-state index is 0.0498. The first-order valence-electron chi connectivity index (χ1n) is 7.11. The lowest BCUT2D eigenvalue weighted by Gasteiger charge is -2.27. The summed E-state index contributed by atoms with van der Waals surface area (Å²) in [6.07, 6.45) is 3.48. The van der Waals surface area contributed by atoms with Crippen LogP contribution in [0.2, 0.25) is 0 Å². The predicted octanol–water partition coefficient (Wildman–Crippen LogP) is 3.07. The van der Waals surface area contributed by atoms with Crippen molar-refractivity contribution in [1.29, 1.82) is 0 Å². The molecular weight excluding hydrogens is 320 g/mol. The van der Waals surface area contributed by atoms with Crippen molar-refractivity contribution in [3.8, 4) is 5.75 Å². The minimum atomic E-state index is -3.60. The lowest BCUT2D eigenvalue weighted by atomic mass is 10.2. The summed E-state index contributed by atoms with van der Waals surface area (Å²) in [4.78, 5) is 4.31. The molecule has 2 aromatic heterocycles. The highest BCUT2D eigenvalue weighted by atomic mass is 32.2. The quantitative estimate of drug-likeness (QED) is 0.812. The van der Waals surface area contributed by atoms with Gasteiger partial charge in [0.05, 0.1) is 18.8 Å². The third kappa shape index (κ3) is 2.76. The van der Waals surface area contributed by atoms with E-state index in [-0.39, 0.29) is 16.3 Å². The van der Waals surface area contributed by atoms with Crippen LogP contribution in [-0.2, 0) is 10.0 Å². The number of nitrogens with zero attached hydrogens (tertiary/aromatic N) is 2. The number of hydrogen-bond acceptors (Lipinski definition) is 5. The predicted molar refractivity (Wildman–Crippen MR) is 85.6 cm³/mol. The smallest absolute Gasteiger partial charge is 0.257 e. The van der Waals surface area contributed by atoms with E-state index in [9.17, 15) is 8.42 Å². The average molecular weight is 338 g/mol. The zero-order valence-corrected chi connectivity index (χ0v) is 14.1. The molecule has 3 rings (SSSR count). The van der Waals surface area contributed by atoms with Crippen molar-refractivity contribution in [2.75, 3.05) is 7.11 Å². The van der Waals surface area contributed by atoms with E-state index >= 15 is 0 Å². The summed E-state index contributed by atoms with van der Waals surface area (Å²) >= 11 is 1.19. The number of sulfonamides is 1. The van der Waals surface area contributed by atoms with Gasteiger partial charge in [0.1, 0.15) is 5.75 Å². The average Bonchev–Trinajstić information content (AvgIpc) is 3.21. The van der Waals surface area contributed by atoms with E-state index in [0.29, 0.717) is 5.75 Å². The first-order chi connectivity index (χ1) is 10.6. The molecule has 0 amide bonds. The van der Waals surface area contributed by atoms with Crippen LogP contribution in [0.5, 0.6) is 5.75 Å². The van der Waals surface area contributed by atoms with Gasteiger partial charge >= 0.3 is 0 Å². The van der Waals surface area contributed by atoms with E-state index in [2.05, 4.69) is 4.98 Å². The summed E-state index contributed by atoms with van der Waals surface area (Å²) in [5.74, 6) is 0.406. The molecule has 5 nitrogen and oxygen atoms in total. The Kier molecular flexibility index (Phi) is 4.20. The molecule has 2 heterocycles. The highest BCUT2D eigenvalue weighted by Crippen LogP contribution is 2.42. The molecule has 0 N–H and O–H groups in total. The van der Waals surface area contributed by atoms with Crippen molar-refractivity contribution in [1.82, 2.24) is 9.29 Å². The maximum atomic E-state index is 13.1. The molecule has 1 atom stereocenters. The molecule has 1 aliphatic carbocycles. The standard InChI is InChI=1S/C15H18N2O3S2/c1-11(13-5-3-4-9-16-13)17(12-6-7-12)22(18,19)15-14(20-2)8-10-21-15/h3-5,8-12H,6-7H2,1-2H3. The van der Waals surface area contributed by atoms with Gasteiger partial charge in [0.15, 0.2) is 4.21 Å². The molecular formula is C15H18N2O3S2. The van der Waals surface area contributed by atoms with Gasteiger partial charge in [-0.25, -0.2) is 8.42 Å². The van der Waals surface area contributed by atoms with Gasteiger partial charge in [-0.15, -0.1) is 11.3 Å². The van der Waals surface area contributed by atoms with Crippen molar-refractivity contribution in [3.05, 3.63) is 41.5 Å². The van der Waals surface area contributed by atoms with E-state index < -0.39 is 10.0 Å². The molecule has 1 saturated carbocycles. The van der Waals surface area contributed by atoms with Gasteiger partial charge < -0.3 is 4.74 Å². The molecule has 0 spiro atoms. The van der Waals surface area contributed by atoms with E-state index in [1.165, 1.54) is 18.4 Å². The summed E-state index contributed by atoms with van der Waals surface area (Å²) in [7, 11) is -2.11. The highest BCUT2D eigenvalue weighted by Gasteiger charge is 2.43. The largest absolute Gasteiger partial charge is 0.494 e. The third-order valence-corrected chi connectivity index (χ3v) is 7.18. The first-order valence-corrected chi connectivity index (χ1v) is 9.43. The summed E-state index contributed by atoms with van der Waals surface area (Å²) in [5, 5.41) is 1.74. The van der Waals surface area contributed by atoms with Crippen LogP contribution >= 0.6 is 11.3 Å². The van der Waals surface area contributed by atoms with Crippen LogP contribution in [0.4, 0.5) is 0 Å². The van der Waals surface area contributed by atoms with Crippen LogP contribution in [0.1, 0.15) is 31.5 Å². The second kappa shape index (κ2) is 5.98. The van der Waals surface area contributed by atoms with Crippen LogP contribution in [0.25, 0.3) is 0 Å². The maximum Gasteiger partial charge on any atom is 0.257 e. The normalized spacial score (nSPS) is 16.7. The third-order valence-electron chi connectivity index (χ3n) is 3.73. The Hall–Kier alpha value is -1.44. The molecule has 1 unspecified atom stereocenters. The van der Waals surface area contributed by atoms with Gasteiger partial charge in [-0.1, -0.05) is 6.07 Å². The molecule has 22 heavy (non-hydrogen) atoms. The van der Waals surface area contributed by atoms with Gasteiger partial charge in [-0.2, -0.15) is 4.31 Å². The number of pyridine rings is 1. The van der Waals surface area contributed by atoms with Gasteiger partial charge in [0.25, 0.3) is 10.0 Å². The minimum Gasteiger partial charge on any atom is -0.494 e. The molecule has 7 heteroatoms. The fourth-order valence-electron chi connectivity index (χ4n) is 2.52. The number of ether oxygens (including phenoxy) is 1. The fraction of sp³-hybridized carbons (Fsp3) is 0.400. The highest BCUT2D eigenvalue weighted by molar-refractivity contribution is 7.91. The monoisotopic (exact) mass is 338 g/mol. The molecule has 0 bridgehead atoms. The Morgan fingerprint density at radius 2 is 2.14 bits per heavy atom. The fourth-order valence-corrected chi connectivity index (χ4v) is 5.74. The number of aromatic nitrogens is 1. The molecule has 1 fully saturated rings. The number of hydrogen-bond donors (Lipinski definition) is 0. The molecule has 0 saturated heterocycles. The number of thiophene rings is 1. The molecule has 0 aromatic carbocycles. The van der Waals surface area contributed by atoms with E-state index in [1.807, 2.05) is 25.1 Å². The van der Waals surface area contributed by atoms with Gasteiger partial charge in [0.2, 0.25) is 0 Å². The van der Waals surface area contributed by atoms with Crippen LogP contribution < -0.4 is 4.74 Å². The molecule has 118 valence electrons. The lowest BCUT2D eigenvalue weighted by Crippen LogP contribution is -2.35. The lowest BCUT2D eigenvalue weighted by molar-refractivity contribution is 0.327. The molecule has 1 aliphatic rings. The number of rotatable bonds is 6. The van der Waals surface area contributed by atoms with Gasteiger partial charge in [-0.3, -0.25) is 4.98 Å². The van der Waals surface area contributed by atoms with Crippen molar-refractivity contribution >= 4 is 21.4 Å². The SMILES string of the molecule is COc1ccsc1S(=O)(=O)N(C1CC1)C(C)c1ccccn1. The number of methoxy groups -OCH3 is 1. The Bertz CT molecular complexity index is 739. The van der Waals surface area contributed by atoms with Crippen LogP contribution in [0.3, 0.4) is 0 Å². The van der Waals surface area contributed by atoms with Gasteiger partial charge in [0, 0.05) is 12.2 Å². The zero-order valence-electron chi connectivity index (χ0n) is 12.5. The van der Waals surface area contributed by atoms with Crippen molar-refractivity contribution in [3.63, 3.8) is 0 Å². The van der Waals surface area contributed by atoms with E-state index in [4.69, 9.17) is 4.74 Å². The summed E-state index contributed by atoms with van der Waals surface area (Å²) in [5.41, 5.74) is 0.758. The first kappa shape index (κ1) is 15.5. The van der Waals surface area contributed by atoms with Crippen LogP contribution in [0, 0.1) is 0 Å². The molecule has 0 aliphatic heterocycles. The summed E-state index contributed by atoms with van der Waals surface area (Å²) in [6.45, 7) is 1.89. The van der Waals surface area contributed by atoms with Crippen molar-refractivity contribution in [2.45, 2.75) is 36.1 Å². The van der Waals surface area contributed by atoms with E-state index in [0.717, 1.165) is 18.5 Å². The molecule has 2 aromatic rings. The second-order valence-electron chi connectivity index (χ2n) is 5.27. The van der Waals surface area contributed by atoms with Crippen molar-refractivity contribution < 1.29 is 13.2 Å². The Labute approximate surface area is 134 Å². The summed E-state index contributed by atoms with van der Waals surface area (Å²) < 4.78 is 33.2. The van der Waals surface area contributed by atoms with E-state index in [1.54, 1.807) is 21.9 Å². The van der Waals surface area contributed by atoms with Crippen LogP contribution in [0.15, 0.2) is 40.1 Å². The van der Waals surface area contributed by atoms with Gasteiger partial charge in [-0.05, 0) is 43.3 Å². The zero-order chi connectivity index (χ0) is 15.7. The topological polar surface area (TPSA) is 59.5 Å². The Morgan fingerprint density at radius 1 is 1.36 bits per heavy atom.